The molecule has 1 N–H and O–H groups in total. The van der Waals surface area contributed by atoms with Gasteiger partial charge < -0.3 is 10.2 Å². The van der Waals surface area contributed by atoms with Gasteiger partial charge in [-0.3, -0.25) is 4.79 Å². The molecule has 0 atom stereocenters. The van der Waals surface area contributed by atoms with Gasteiger partial charge in [0.15, 0.2) is 5.13 Å². The molecule has 1 aromatic carbocycles. The van der Waals surface area contributed by atoms with Gasteiger partial charge in [0.05, 0.1) is 10.2 Å². The molecule has 128 valence electrons. The van der Waals surface area contributed by atoms with E-state index in [4.69, 9.17) is 4.98 Å². The molecule has 1 amide bonds. The van der Waals surface area contributed by atoms with Crippen molar-refractivity contribution >= 4 is 32.6 Å². The van der Waals surface area contributed by atoms with Crippen molar-refractivity contribution in [1.29, 1.82) is 0 Å². The largest absolute Gasteiger partial charge is 0.353 e. The van der Waals surface area contributed by atoms with Crippen molar-refractivity contribution in [3.05, 3.63) is 24.3 Å². The zero-order chi connectivity index (χ0) is 16.4. The molecule has 0 spiro atoms. The summed E-state index contributed by atoms with van der Waals surface area (Å²) in [6.45, 7) is 1.87. The summed E-state index contributed by atoms with van der Waals surface area (Å²) in [5.74, 6) is 0.461. The van der Waals surface area contributed by atoms with E-state index >= 15 is 0 Å². The molecule has 0 bridgehead atoms. The van der Waals surface area contributed by atoms with Gasteiger partial charge in [0, 0.05) is 25.0 Å². The minimum atomic E-state index is 0.178. The fourth-order valence-electron chi connectivity index (χ4n) is 3.89. The van der Waals surface area contributed by atoms with Crippen LogP contribution in [0, 0.1) is 5.92 Å². The van der Waals surface area contributed by atoms with Crippen molar-refractivity contribution in [2.45, 2.75) is 51.0 Å². The Kier molecular flexibility index (Phi) is 4.69. The number of nitrogens with one attached hydrogen (secondary N) is 1. The second-order valence-electron chi connectivity index (χ2n) is 7.07. The highest BCUT2D eigenvalue weighted by atomic mass is 32.1. The Morgan fingerprint density at radius 3 is 2.58 bits per heavy atom. The molecule has 2 aromatic rings. The third-order valence-electron chi connectivity index (χ3n) is 5.37. The lowest BCUT2D eigenvalue weighted by Crippen LogP contribution is -2.44. The molecule has 0 radical (unpaired) electrons. The van der Waals surface area contributed by atoms with Crippen molar-refractivity contribution in [2.24, 2.45) is 5.92 Å². The number of piperidine rings is 1. The average Bonchev–Trinajstić information content (AvgIpc) is 3.07. The highest BCUT2D eigenvalue weighted by molar-refractivity contribution is 7.22. The lowest BCUT2D eigenvalue weighted by atomic mass is 9.92. The molecule has 2 aliphatic rings. The summed E-state index contributed by atoms with van der Waals surface area (Å²) in [6.07, 6.45) is 8.06. The lowest BCUT2D eigenvalue weighted by molar-refractivity contribution is -0.126. The van der Waals surface area contributed by atoms with Crippen molar-refractivity contribution in [3.63, 3.8) is 0 Å². The van der Waals surface area contributed by atoms with E-state index in [2.05, 4.69) is 28.4 Å². The molecule has 2 fully saturated rings. The van der Waals surface area contributed by atoms with Gasteiger partial charge in [-0.1, -0.05) is 42.7 Å². The maximum absolute atomic E-state index is 12.5. The van der Waals surface area contributed by atoms with Crippen LogP contribution in [0.15, 0.2) is 24.3 Å². The quantitative estimate of drug-likeness (QED) is 0.917. The number of anilines is 1. The molecule has 4 rings (SSSR count). The van der Waals surface area contributed by atoms with E-state index in [0.717, 1.165) is 49.4 Å². The first-order chi connectivity index (χ1) is 11.8. The van der Waals surface area contributed by atoms with Crippen molar-refractivity contribution in [2.75, 3.05) is 18.0 Å². The highest BCUT2D eigenvalue weighted by Crippen LogP contribution is 2.31. The van der Waals surface area contributed by atoms with Gasteiger partial charge in [-0.05, 0) is 37.8 Å². The van der Waals surface area contributed by atoms with Crippen LogP contribution in [0.4, 0.5) is 5.13 Å². The number of amides is 1. The Bertz CT molecular complexity index is 666. The lowest BCUT2D eigenvalue weighted by Gasteiger charge is -2.32. The van der Waals surface area contributed by atoms with Crippen LogP contribution in [0.1, 0.15) is 44.9 Å². The van der Waals surface area contributed by atoms with Crippen molar-refractivity contribution in [3.8, 4) is 0 Å². The SMILES string of the molecule is O=C(NC1CCCCC1)C1CCN(c2nc3ccccc3s2)CC1. The maximum atomic E-state index is 12.5. The number of hydrogen-bond donors (Lipinski definition) is 1. The number of carbonyl (C=O) groups is 1. The van der Waals surface area contributed by atoms with Gasteiger partial charge in [0.1, 0.15) is 0 Å². The Morgan fingerprint density at radius 2 is 1.83 bits per heavy atom. The van der Waals surface area contributed by atoms with Crippen LogP contribution >= 0.6 is 11.3 Å². The van der Waals surface area contributed by atoms with E-state index in [1.54, 1.807) is 11.3 Å². The maximum Gasteiger partial charge on any atom is 0.223 e. The minimum absolute atomic E-state index is 0.178. The first-order valence-corrected chi connectivity index (χ1v) is 10.0. The Morgan fingerprint density at radius 1 is 1.08 bits per heavy atom. The molecule has 24 heavy (non-hydrogen) atoms. The van der Waals surface area contributed by atoms with Gasteiger partial charge in [-0.15, -0.1) is 0 Å². The van der Waals surface area contributed by atoms with E-state index in [9.17, 15) is 4.79 Å². The average molecular weight is 343 g/mol. The van der Waals surface area contributed by atoms with Gasteiger partial charge in [0.2, 0.25) is 5.91 Å². The molecule has 1 aromatic heterocycles. The Balaban J connectivity index is 1.33. The van der Waals surface area contributed by atoms with Gasteiger partial charge in [0.25, 0.3) is 0 Å². The number of benzene rings is 1. The van der Waals surface area contributed by atoms with E-state index in [0.29, 0.717) is 6.04 Å². The Labute approximate surface area is 147 Å². The fraction of sp³-hybridized carbons (Fsp3) is 0.579. The third kappa shape index (κ3) is 3.41. The number of hydrogen-bond acceptors (Lipinski definition) is 4. The normalized spacial score (nSPS) is 20.4. The smallest absolute Gasteiger partial charge is 0.223 e. The van der Waals surface area contributed by atoms with Crippen LogP contribution in [0.3, 0.4) is 0 Å². The zero-order valence-corrected chi connectivity index (χ0v) is 14.9. The molecule has 5 heteroatoms. The van der Waals surface area contributed by atoms with Crippen LogP contribution in [-0.4, -0.2) is 30.0 Å². The van der Waals surface area contributed by atoms with Crippen LogP contribution in [0.5, 0.6) is 0 Å². The van der Waals surface area contributed by atoms with E-state index in [-0.39, 0.29) is 11.8 Å². The molecule has 4 nitrogen and oxygen atoms in total. The molecule has 1 aliphatic carbocycles. The zero-order valence-electron chi connectivity index (χ0n) is 14.0. The molecular formula is C19H25N3OS. The minimum Gasteiger partial charge on any atom is -0.353 e. The van der Waals surface area contributed by atoms with Crippen LogP contribution in [0.2, 0.25) is 0 Å². The highest BCUT2D eigenvalue weighted by Gasteiger charge is 2.28. The van der Waals surface area contributed by atoms with E-state index in [1.165, 1.54) is 24.0 Å². The molecule has 1 saturated carbocycles. The standard InChI is InChI=1S/C19H25N3OS/c23-18(20-15-6-2-1-3-7-15)14-10-12-22(13-11-14)19-21-16-8-4-5-9-17(16)24-19/h4-5,8-9,14-15H,1-3,6-7,10-13H2,(H,20,23). The molecular weight excluding hydrogens is 318 g/mol. The number of nitrogens with zero attached hydrogens (tertiary/aromatic N) is 2. The molecule has 1 saturated heterocycles. The van der Waals surface area contributed by atoms with Gasteiger partial charge in [-0.25, -0.2) is 4.98 Å². The summed E-state index contributed by atoms with van der Waals surface area (Å²) < 4.78 is 1.24. The summed E-state index contributed by atoms with van der Waals surface area (Å²) in [6, 6.07) is 8.72. The number of fused-ring (bicyclic) bond motifs is 1. The number of carbonyl (C=O) groups excluding carboxylic acids is 1. The predicted molar refractivity (Wildman–Crippen MR) is 99.6 cm³/mol. The number of thiazole rings is 1. The van der Waals surface area contributed by atoms with Crippen molar-refractivity contribution < 1.29 is 4.79 Å². The second-order valence-corrected chi connectivity index (χ2v) is 8.08. The molecule has 1 aliphatic heterocycles. The van der Waals surface area contributed by atoms with Crippen molar-refractivity contribution in [1.82, 2.24) is 10.3 Å². The van der Waals surface area contributed by atoms with Crippen LogP contribution in [0.25, 0.3) is 10.2 Å². The summed E-state index contributed by atoms with van der Waals surface area (Å²) in [5.41, 5.74) is 1.08. The van der Waals surface area contributed by atoms with Gasteiger partial charge >= 0.3 is 0 Å². The van der Waals surface area contributed by atoms with Crippen LogP contribution < -0.4 is 10.2 Å². The van der Waals surface area contributed by atoms with Gasteiger partial charge in [-0.2, -0.15) is 0 Å². The summed E-state index contributed by atoms with van der Waals surface area (Å²) in [7, 11) is 0. The predicted octanol–water partition coefficient (Wildman–Crippen LogP) is 3.96. The molecule has 2 heterocycles. The van der Waals surface area contributed by atoms with Crippen LogP contribution in [-0.2, 0) is 4.79 Å². The monoisotopic (exact) mass is 343 g/mol. The summed E-state index contributed by atoms with van der Waals surface area (Å²) >= 11 is 1.76. The topological polar surface area (TPSA) is 45.2 Å². The Hall–Kier alpha value is -1.62. The second kappa shape index (κ2) is 7.09. The summed E-state index contributed by atoms with van der Waals surface area (Å²) in [5, 5.41) is 4.39. The fourth-order valence-corrected chi connectivity index (χ4v) is 4.91. The molecule has 0 unspecified atom stereocenters. The summed E-state index contributed by atoms with van der Waals surface area (Å²) in [4.78, 5) is 19.6. The first-order valence-electron chi connectivity index (χ1n) is 9.20. The van der Waals surface area contributed by atoms with E-state index in [1.807, 2.05) is 6.07 Å². The third-order valence-corrected chi connectivity index (χ3v) is 6.47. The number of aromatic nitrogens is 1. The number of para-hydroxylation sites is 1. The number of rotatable bonds is 3. The van der Waals surface area contributed by atoms with E-state index < -0.39 is 0 Å². The first kappa shape index (κ1) is 15.9.